The highest BCUT2D eigenvalue weighted by Crippen LogP contribution is 2.40. The van der Waals surface area contributed by atoms with Crippen LogP contribution in [0.5, 0.6) is 0 Å². The van der Waals surface area contributed by atoms with Gasteiger partial charge in [0.1, 0.15) is 5.01 Å². The Hall–Kier alpha value is -1.65. The van der Waals surface area contributed by atoms with Gasteiger partial charge in [0.15, 0.2) is 0 Å². The number of rotatable bonds is 5. The first-order valence-electron chi connectivity index (χ1n) is 7.51. The van der Waals surface area contributed by atoms with Gasteiger partial charge in [0.05, 0.1) is 16.8 Å². The van der Waals surface area contributed by atoms with E-state index in [9.17, 15) is 0 Å². The van der Waals surface area contributed by atoms with Crippen LogP contribution in [0.3, 0.4) is 0 Å². The average molecular weight is 297 g/mol. The highest BCUT2D eigenvalue weighted by Gasteiger charge is 2.31. The number of nitrogens with zero attached hydrogens (tertiary/aromatic N) is 2. The van der Waals surface area contributed by atoms with Gasteiger partial charge in [-0.1, -0.05) is 12.1 Å². The van der Waals surface area contributed by atoms with Crippen LogP contribution < -0.4 is 5.32 Å². The number of aromatic nitrogens is 2. The predicted molar refractivity (Wildman–Crippen MR) is 87.7 cm³/mol. The molecular formula is C17H19N3S. The molecule has 2 heterocycles. The van der Waals surface area contributed by atoms with Crippen molar-refractivity contribution in [2.45, 2.75) is 25.4 Å². The molecule has 1 fully saturated rings. The lowest BCUT2D eigenvalue weighted by atomic mass is 10.1. The third kappa shape index (κ3) is 2.61. The molecule has 0 aliphatic heterocycles. The van der Waals surface area contributed by atoms with Crippen molar-refractivity contribution in [2.75, 3.05) is 7.05 Å². The zero-order valence-electron chi connectivity index (χ0n) is 12.1. The van der Waals surface area contributed by atoms with Crippen molar-refractivity contribution >= 4 is 21.6 Å². The van der Waals surface area contributed by atoms with Gasteiger partial charge in [0.25, 0.3) is 0 Å². The van der Waals surface area contributed by atoms with Crippen LogP contribution in [0.4, 0.5) is 0 Å². The lowest BCUT2D eigenvalue weighted by molar-refractivity contribution is 0.528. The fourth-order valence-corrected chi connectivity index (χ4v) is 3.97. The molecule has 1 unspecified atom stereocenters. The number of thiazole rings is 1. The fraction of sp³-hybridized carbons (Fsp3) is 0.353. The van der Waals surface area contributed by atoms with E-state index >= 15 is 0 Å². The lowest BCUT2D eigenvalue weighted by Gasteiger charge is -2.13. The molecule has 108 valence electrons. The van der Waals surface area contributed by atoms with Crippen LogP contribution in [0.15, 0.2) is 42.7 Å². The van der Waals surface area contributed by atoms with Crippen LogP contribution in [0.1, 0.15) is 29.5 Å². The van der Waals surface area contributed by atoms with E-state index in [-0.39, 0.29) is 0 Å². The summed E-state index contributed by atoms with van der Waals surface area (Å²) in [5.41, 5.74) is 2.51. The first-order chi connectivity index (χ1) is 10.3. The molecule has 1 saturated carbocycles. The minimum Gasteiger partial charge on any atom is -0.347 e. The van der Waals surface area contributed by atoms with Crippen molar-refractivity contribution in [2.24, 2.45) is 5.92 Å². The maximum atomic E-state index is 4.71. The average Bonchev–Trinajstić information content (AvgIpc) is 3.08. The van der Waals surface area contributed by atoms with E-state index < -0.39 is 0 Å². The third-order valence-corrected chi connectivity index (χ3v) is 5.21. The Labute approximate surface area is 128 Å². The number of nitrogens with one attached hydrogen (secondary N) is 1. The highest BCUT2D eigenvalue weighted by atomic mass is 32.1. The maximum Gasteiger partial charge on any atom is 0.114 e. The van der Waals surface area contributed by atoms with Crippen molar-refractivity contribution in [3.63, 3.8) is 0 Å². The van der Waals surface area contributed by atoms with Gasteiger partial charge in [-0.2, -0.15) is 0 Å². The Morgan fingerprint density at radius 2 is 2.19 bits per heavy atom. The van der Waals surface area contributed by atoms with Crippen molar-refractivity contribution in [1.82, 2.24) is 14.9 Å². The first kappa shape index (κ1) is 13.0. The second-order valence-corrected chi connectivity index (χ2v) is 6.91. The largest absolute Gasteiger partial charge is 0.347 e. The maximum absolute atomic E-state index is 4.71. The van der Waals surface area contributed by atoms with Crippen LogP contribution in [0.2, 0.25) is 0 Å². The predicted octanol–water partition coefficient (Wildman–Crippen LogP) is 3.82. The monoisotopic (exact) mass is 297 g/mol. The molecule has 3 aromatic rings. The molecule has 21 heavy (non-hydrogen) atoms. The summed E-state index contributed by atoms with van der Waals surface area (Å²) in [6.07, 6.45) is 7.16. The number of hydrogen-bond donors (Lipinski definition) is 1. The molecule has 2 aromatic heterocycles. The van der Waals surface area contributed by atoms with Gasteiger partial charge in [-0.05, 0) is 49.6 Å². The van der Waals surface area contributed by atoms with E-state index in [4.69, 9.17) is 4.98 Å². The van der Waals surface area contributed by atoms with Crippen LogP contribution in [-0.4, -0.2) is 16.6 Å². The summed E-state index contributed by atoms with van der Waals surface area (Å²) in [4.78, 5) is 4.71. The standard InChI is InChI=1S/C17H19N3S/c1-18-17(12-6-7-12)13-8-9-20(10-13)11-16-19-14-4-2-3-5-15(14)21-16/h2-5,8-10,12,17-18H,6-7,11H2,1H3. The van der Waals surface area contributed by atoms with Crippen LogP contribution in [0, 0.1) is 5.92 Å². The fourth-order valence-electron chi connectivity index (χ4n) is 2.99. The second-order valence-electron chi connectivity index (χ2n) is 5.80. The smallest absolute Gasteiger partial charge is 0.114 e. The summed E-state index contributed by atoms with van der Waals surface area (Å²) in [6.45, 7) is 0.862. The molecule has 1 aliphatic rings. The summed E-state index contributed by atoms with van der Waals surface area (Å²) in [6, 6.07) is 11.1. The molecule has 0 radical (unpaired) electrons. The SMILES string of the molecule is CNC(c1ccn(Cc2nc3ccccc3s2)c1)C1CC1. The topological polar surface area (TPSA) is 29.9 Å². The molecule has 3 nitrogen and oxygen atoms in total. The molecule has 1 aromatic carbocycles. The van der Waals surface area contributed by atoms with Crippen LogP contribution in [-0.2, 0) is 6.54 Å². The van der Waals surface area contributed by atoms with E-state index in [0.717, 1.165) is 18.0 Å². The molecule has 0 spiro atoms. The highest BCUT2D eigenvalue weighted by molar-refractivity contribution is 7.18. The molecular weight excluding hydrogens is 278 g/mol. The van der Waals surface area contributed by atoms with Crippen molar-refractivity contribution in [3.8, 4) is 0 Å². The Bertz CT molecular complexity index is 721. The second kappa shape index (κ2) is 5.28. The summed E-state index contributed by atoms with van der Waals surface area (Å²) in [5, 5.41) is 4.62. The normalized spacial score (nSPS) is 16.4. The summed E-state index contributed by atoms with van der Waals surface area (Å²) in [5.74, 6) is 0.827. The lowest BCUT2D eigenvalue weighted by Crippen LogP contribution is -2.17. The van der Waals surface area contributed by atoms with Gasteiger partial charge in [-0.25, -0.2) is 4.98 Å². The molecule has 4 heteroatoms. The summed E-state index contributed by atoms with van der Waals surface area (Å²) in [7, 11) is 2.06. The summed E-state index contributed by atoms with van der Waals surface area (Å²) >= 11 is 1.79. The van der Waals surface area contributed by atoms with E-state index in [1.807, 2.05) is 6.07 Å². The Morgan fingerprint density at radius 1 is 1.33 bits per heavy atom. The molecule has 0 bridgehead atoms. The van der Waals surface area contributed by atoms with Gasteiger partial charge in [-0.15, -0.1) is 11.3 Å². The molecule has 1 aliphatic carbocycles. The number of hydrogen-bond acceptors (Lipinski definition) is 3. The van der Waals surface area contributed by atoms with E-state index in [1.165, 1.54) is 28.1 Å². The Balaban J connectivity index is 1.55. The van der Waals surface area contributed by atoms with Gasteiger partial charge in [0.2, 0.25) is 0 Å². The molecule has 4 rings (SSSR count). The quantitative estimate of drug-likeness (QED) is 0.776. The van der Waals surface area contributed by atoms with Crippen LogP contribution in [0.25, 0.3) is 10.2 Å². The van der Waals surface area contributed by atoms with Gasteiger partial charge >= 0.3 is 0 Å². The zero-order valence-corrected chi connectivity index (χ0v) is 12.9. The molecule has 0 saturated heterocycles. The Morgan fingerprint density at radius 3 is 2.95 bits per heavy atom. The number of fused-ring (bicyclic) bond motifs is 1. The number of para-hydroxylation sites is 1. The molecule has 0 amide bonds. The minimum atomic E-state index is 0.515. The van der Waals surface area contributed by atoms with Crippen molar-refractivity contribution < 1.29 is 0 Å². The van der Waals surface area contributed by atoms with Crippen LogP contribution >= 0.6 is 11.3 Å². The van der Waals surface area contributed by atoms with Crippen molar-refractivity contribution in [3.05, 3.63) is 53.3 Å². The van der Waals surface area contributed by atoms with E-state index in [0.29, 0.717) is 6.04 Å². The molecule has 1 N–H and O–H groups in total. The van der Waals surface area contributed by atoms with Crippen molar-refractivity contribution in [1.29, 1.82) is 0 Å². The molecule has 1 atom stereocenters. The third-order valence-electron chi connectivity index (χ3n) is 4.19. The summed E-state index contributed by atoms with van der Waals surface area (Å²) < 4.78 is 3.52. The zero-order chi connectivity index (χ0) is 14.2. The minimum absolute atomic E-state index is 0.515. The Kier molecular flexibility index (Phi) is 3.28. The first-order valence-corrected chi connectivity index (χ1v) is 8.32. The van der Waals surface area contributed by atoms with Gasteiger partial charge in [0, 0.05) is 18.4 Å². The van der Waals surface area contributed by atoms with E-state index in [2.05, 4.69) is 53.6 Å². The number of benzene rings is 1. The van der Waals surface area contributed by atoms with E-state index in [1.54, 1.807) is 11.3 Å². The van der Waals surface area contributed by atoms with Gasteiger partial charge < -0.3 is 9.88 Å². The van der Waals surface area contributed by atoms with Gasteiger partial charge in [-0.3, -0.25) is 0 Å².